The van der Waals surface area contributed by atoms with Gasteiger partial charge in [-0.15, -0.1) is 10.2 Å². The van der Waals surface area contributed by atoms with Crippen LogP contribution < -0.4 is 0 Å². The molecule has 0 fully saturated rings. The fraction of sp³-hybridized carbons (Fsp3) is 0. The van der Waals surface area contributed by atoms with E-state index in [2.05, 4.69) is 15.2 Å². The summed E-state index contributed by atoms with van der Waals surface area (Å²) in [4.78, 5) is 4.30. The highest BCUT2D eigenvalue weighted by Crippen LogP contribution is 2.27. The van der Waals surface area contributed by atoms with Gasteiger partial charge in [0.1, 0.15) is 12.0 Å². The fourth-order valence-electron chi connectivity index (χ4n) is 1.60. The maximum Gasteiger partial charge on any atom is 0.187 e. The minimum atomic E-state index is 0.658. The minimum Gasteiger partial charge on any atom is -0.286 e. The Morgan fingerprint density at radius 1 is 1.19 bits per heavy atom. The van der Waals surface area contributed by atoms with Crippen molar-refractivity contribution in [2.45, 2.75) is 0 Å². The van der Waals surface area contributed by atoms with Crippen LogP contribution in [0.3, 0.4) is 0 Å². The molecule has 0 amide bonds. The Kier molecular flexibility index (Phi) is 2.08. The van der Waals surface area contributed by atoms with Crippen molar-refractivity contribution in [1.82, 2.24) is 19.6 Å². The molecule has 4 nitrogen and oxygen atoms in total. The molecule has 0 spiro atoms. The van der Waals surface area contributed by atoms with Gasteiger partial charge >= 0.3 is 0 Å². The predicted octanol–water partition coefficient (Wildman–Crippen LogP) is 2.44. The van der Waals surface area contributed by atoms with Gasteiger partial charge in [-0.25, -0.2) is 0 Å². The zero-order chi connectivity index (χ0) is 11.0. The van der Waals surface area contributed by atoms with E-state index < -0.39 is 0 Å². The van der Waals surface area contributed by atoms with Gasteiger partial charge in [-0.3, -0.25) is 9.38 Å². The monoisotopic (exact) mass is 230 g/mol. The molecule has 78 valence electrons. The molecule has 0 N–H and O–H groups in total. The van der Waals surface area contributed by atoms with Crippen LogP contribution in [0.25, 0.3) is 16.9 Å². The normalized spacial score (nSPS) is 10.8. The highest BCUT2D eigenvalue weighted by molar-refractivity contribution is 6.33. The lowest BCUT2D eigenvalue weighted by atomic mass is 10.1. The van der Waals surface area contributed by atoms with E-state index in [0.29, 0.717) is 10.7 Å². The molecule has 3 aromatic rings. The van der Waals surface area contributed by atoms with E-state index in [1.807, 2.05) is 28.7 Å². The van der Waals surface area contributed by atoms with Crippen LogP contribution in [0.15, 0.2) is 43.0 Å². The molecule has 0 aliphatic carbocycles. The number of hydrogen-bond donors (Lipinski definition) is 0. The first kappa shape index (κ1) is 9.30. The Bertz CT molecular complexity index is 647. The molecule has 5 heteroatoms. The third-order valence-electron chi connectivity index (χ3n) is 2.34. The average molecular weight is 231 g/mol. The van der Waals surface area contributed by atoms with Crippen LogP contribution in [0, 0.1) is 0 Å². The molecule has 2 aromatic heterocycles. The van der Waals surface area contributed by atoms with Gasteiger partial charge in [-0.05, 0) is 6.07 Å². The van der Waals surface area contributed by atoms with E-state index in [0.717, 1.165) is 11.3 Å². The van der Waals surface area contributed by atoms with Gasteiger partial charge in [0.05, 0.1) is 5.02 Å². The van der Waals surface area contributed by atoms with Gasteiger partial charge in [0, 0.05) is 18.0 Å². The molecule has 2 heterocycles. The Morgan fingerprint density at radius 2 is 2.06 bits per heavy atom. The van der Waals surface area contributed by atoms with Crippen LogP contribution in [0.1, 0.15) is 0 Å². The summed E-state index contributed by atoms with van der Waals surface area (Å²) in [5.41, 5.74) is 2.31. The lowest BCUT2D eigenvalue weighted by Gasteiger charge is -2.03. The first-order valence-electron chi connectivity index (χ1n) is 4.75. The molecule has 0 radical (unpaired) electrons. The van der Waals surface area contributed by atoms with E-state index in [4.69, 9.17) is 11.6 Å². The number of halogens is 1. The van der Waals surface area contributed by atoms with Crippen molar-refractivity contribution in [3.8, 4) is 11.3 Å². The molecule has 0 bridgehead atoms. The number of nitrogens with zero attached hydrogens (tertiary/aromatic N) is 4. The quantitative estimate of drug-likeness (QED) is 0.645. The Labute approximate surface area is 96.5 Å². The zero-order valence-corrected chi connectivity index (χ0v) is 8.96. The molecule has 0 atom stereocenters. The van der Waals surface area contributed by atoms with Crippen molar-refractivity contribution in [2.75, 3.05) is 0 Å². The summed E-state index contributed by atoms with van der Waals surface area (Å²) in [6.45, 7) is 0. The van der Waals surface area contributed by atoms with Crippen molar-refractivity contribution in [3.05, 3.63) is 48.0 Å². The summed E-state index contributed by atoms with van der Waals surface area (Å²) in [5.74, 6) is 0. The summed E-state index contributed by atoms with van der Waals surface area (Å²) in [5, 5.41) is 8.53. The first-order chi connectivity index (χ1) is 7.86. The Hall–Kier alpha value is -1.94. The molecule has 16 heavy (non-hydrogen) atoms. The van der Waals surface area contributed by atoms with Gasteiger partial charge < -0.3 is 0 Å². The van der Waals surface area contributed by atoms with E-state index in [1.165, 1.54) is 0 Å². The second kappa shape index (κ2) is 3.57. The van der Waals surface area contributed by atoms with E-state index >= 15 is 0 Å². The second-order valence-electron chi connectivity index (χ2n) is 3.32. The largest absolute Gasteiger partial charge is 0.286 e. The van der Waals surface area contributed by atoms with Crippen LogP contribution in [-0.2, 0) is 0 Å². The van der Waals surface area contributed by atoms with Crippen LogP contribution >= 0.6 is 11.6 Å². The highest BCUT2D eigenvalue weighted by Gasteiger charge is 2.09. The molecule has 0 saturated carbocycles. The predicted molar refractivity (Wildman–Crippen MR) is 61.2 cm³/mol. The topological polar surface area (TPSA) is 43.1 Å². The summed E-state index contributed by atoms with van der Waals surface area (Å²) < 4.78 is 1.81. The lowest BCUT2D eigenvalue weighted by Crippen LogP contribution is -1.91. The van der Waals surface area contributed by atoms with E-state index in [-0.39, 0.29) is 0 Å². The van der Waals surface area contributed by atoms with Crippen LogP contribution in [0.2, 0.25) is 5.02 Å². The summed E-state index contributed by atoms with van der Waals surface area (Å²) in [7, 11) is 0. The van der Waals surface area contributed by atoms with Crippen molar-refractivity contribution >= 4 is 17.2 Å². The van der Waals surface area contributed by atoms with Gasteiger partial charge in [0.15, 0.2) is 5.65 Å². The molecule has 0 aliphatic rings. The fourth-order valence-corrected chi connectivity index (χ4v) is 1.83. The third kappa shape index (κ3) is 1.35. The number of fused-ring (bicyclic) bond motifs is 1. The minimum absolute atomic E-state index is 0.658. The SMILES string of the molecule is Clc1ccccc1-c1nccn2cnnc12. The van der Waals surface area contributed by atoms with Crippen molar-refractivity contribution < 1.29 is 0 Å². The van der Waals surface area contributed by atoms with Gasteiger partial charge in [-0.2, -0.15) is 0 Å². The van der Waals surface area contributed by atoms with E-state index in [9.17, 15) is 0 Å². The van der Waals surface area contributed by atoms with Crippen molar-refractivity contribution in [1.29, 1.82) is 0 Å². The maximum absolute atomic E-state index is 6.13. The molecular formula is C11H7ClN4. The average Bonchev–Trinajstić information content (AvgIpc) is 2.77. The molecule has 0 aliphatic heterocycles. The molecule has 1 aromatic carbocycles. The molecule has 0 saturated heterocycles. The number of hydrogen-bond acceptors (Lipinski definition) is 3. The van der Waals surface area contributed by atoms with Crippen LogP contribution in [0.4, 0.5) is 0 Å². The summed E-state index contributed by atoms with van der Waals surface area (Å²) in [6, 6.07) is 7.55. The van der Waals surface area contributed by atoms with Gasteiger partial charge in [0.2, 0.25) is 0 Å². The maximum atomic E-state index is 6.13. The molecule has 3 rings (SSSR count). The summed E-state index contributed by atoms with van der Waals surface area (Å²) >= 11 is 6.13. The molecule has 0 unspecified atom stereocenters. The number of benzene rings is 1. The second-order valence-corrected chi connectivity index (χ2v) is 3.72. The van der Waals surface area contributed by atoms with Gasteiger partial charge in [0.25, 0.3) is 0 Å². The van der Waals surface area contributed by atoms with Crippen LogP contribution in [0.5, 0.6) is 0 Å². The number of rotatable bonds is 1. The first-order valence-corrected chi connectivity index (χ1v) is 5.13. The summed E-state index contributed by atoms with van der Waals surface area (Å²) in [6.07, 6.45) is 5.14. The van der Waals surface area contributed by atoms with E-state index in [1.54, 1.807) is 18.7 Å². The smallest absolute Gasteiger partial charge is 0.187 e. The Morgan fingerprint density at radius 3 is 2.94 bits per heavy atom. The standard InChI is InChI=1S/C11H7ClN4/c12-9-4-2-1-3-8(9)10-11-15-14-7-16(11)6-5-13-10/h1-7H. The number of aromatic nitrogens is 4. The third-order valence-corrected chi connectivity index (χ3v) is 2.67. The lowest BCUT2D eigenvalue weighted by molar-refractivity contribution is 1.10. The zero-order valence-electron chi connectivity index (χ0n) is 8.21. The Balaban J connectivity index is 2.34. The van der Waals surface area contributed by atoms with Crippen LogP contribution in [-0.4, -0.2) is 19.6 Å². The van der Waals surface area contributed by atoms with Crippen molar-refractivity contribution in [3.63, 3.8) is 0 Å². The van der Waals surface area contributed by atoms with Gasteiger partial charge in [-0.1, -0.05) is 29.8 Å². The molecular weight excluding hydrogens is 224 g/mol. The van der Waals surface area contributed by atoms with Crippen molar-refractivity contribution in [2.24, 2.45) is 0 Å². The highest BCUT2D eigenvalue weighted by atomic mass is 35.5.